The van der Waals surface area contributed by atoms with E-state index in [9.17, 15) is 14.7 Å². The van der Waals surface area contributed by atoms with Gasteiger partial charge in [0.15, 0.2) is 5.78 Å². The maximum absolute atomic E-state index is 13.1. The van der Waals surface area contributed by atoms with Gasteiger partial charge in [-0.05, 0) is 35.6 Å². The summed E-state index contributed by atoms with van der Waals surface area (Å²) in [6.07, 6.45) is 3.35. The molecule has 0 heterocycles. The van der Waals surface area contributed by atoms with Crippen molar-refractivity contribution in [2.24, 2.45) is 0 Å². The summed E-state index contributed by atoms with van der Waals surface area (Å²) >= 11 is 0. The zero-order valence-corrected chi connectivity index (χ0v) is 15.3. The summed E-state index contributed by atoms with van der Waals surface area (Å²) in [4.78, 5) is 24.6. The van der Waals surface area contributed by atoms with Crippen LogP contribution in [0.3, 0.4) is 0 Å². The second kappa shape index (κ2) is 8.45. The Balaban J connectivity index is 2.00. The van der Waals surface area contributed by atoms with Gasteiger partial charge >= 0.3 is 5.97 Å². The fourth-order valence-corrected chi connectivity index (χ4v) is 3.18. The first-order valence-electron chi connectivity index (χ1n) is 9.17. The quantitative estimate of drug-likeness (QED) is 0.557. The molecule has 3 aromatic carbocycles. The van der Waals surface area contributed by atoms with Crippen molar-refractivity contribution >= 4 is 11.8 Å². The van der Waals surface area contributed by atoms with Gasteiger partial charge in [0.1, 0.15) is 0 Å². The Hall–Kier alpha value is -3.20. The number of carbonyl (C=O) groups is 2. The number of aryl methyl sites for hydroxylation is 1. The lowest BCUT2D eigenvalue weighted by atomic mass is 9.91. The summed E-state index contributed by atoms with van der Waals surface area (Å²) < 4.78 is 0. The third kappa shape index (κ3) is 4.14. The number of hydrogen-bond acceptors (Lipinski definition) is 2. The van der Waals surface area contributed by atoms with Crippen molar-refractivity contribution in [2.75, 3.05) is 0 Å². The lowest BCUT2D eigenvalue weighted by Gasteiger charge is -2.11. The maximum atomic E-state index is 13.1. The van der Waals surface area contributed by atoms with Crippen LogP contribution >= 0.6 is 0 Å². The molecule has 0 aliphatic rings. The molecule has 0 atom stereocenters. The molecule has 0 fully saturated rings. The highest BCUT2D eigenvalue weighted by molar-refractivity contribution is 6.17. The Morgan fingerprint density at radius 3 is 2.00 bits per heavy atom. The van der Waals surface area contributed by atoms with Crippen LogP contribution in [0.5, 0.6) is 0 Å². The third-order valence-corrected chi connectivity index (χ3v) is 4.66. The lowest BCUT2D eigenvalue weighted by molar-refractivity contribution is 0.0693. The van der Waals surface area contributed by atoms with E-state index in [1.54, 1.807) is 30.3 Å². The van der Waals surface area contributed by atoms with E-state index in [2.05, 4.69) is 19.1 Å². The van der Waals surface area contributed by atoms with Gasteiger partial charge in [-0.3, -0.25) is 4.79 Å². The minimum absolute atomic E-state index is 0.0206. The molecule has 27 heavy (non-hydrogen) atoms. The highest BCUT2D eigenvalue weighted by atomic mass is 16.4. The molecule has 3 aromatic rings. The number of unbranched alkanes of at least 4 members (excludes halogenated alkanes) is 1. The topological polar surface area (TPSA) is 54.4 Å². The molecule has 3 nitrogen and oxygen atoms in total. The van der Waals surface area contributed by atoms with E-state index in [1.165, 1.54) is 11.6 Å². The highest BCUT2D eigenvalue weighted by Gasteiger charge is 2.20. The molecule has 0 aromatic heterocycles. The van der Waals surface area contributed by atoms with Gasteiger partial charge in [-0.2, -0.15) is 0 Å². The van der Waals surface area contributed by atoms with E-state index in [4.69, 9.17) is 0 Å². The monoisotopic (exact) mass is 358 g/mol. The van der Waals surface area contributed by atoms with Crippen LogP contribution < -0.4 is 0 Å². The Bertz CT molecular complexity index is 955. The molecule has 3 heteroatoms. The van der Waals surface area contributed by atoms with Gasteiger partial charge in [-0.1, -0.05) is 80.1 Å². The first-order chi connectivity index (χ1) is 13.1. The van der Waals surface area contributed by atoms with Crippen LogP contribution in [-0.4, -0.2) is 16.9 Å². The number of carboxylic acid groups (broad SMARTS) is 1. The van der Waals surface area contributed by atoms with E-state index >= 15 is 0 Å². The second-order valence-electron chi connectivity index (χ2n) is 6.53. The van der Waals surface area contributed by atoms with Gasteiger partial charge in [-0.15, -0.1) is 0 Å². The van der Waals surface area contributed by atoms with Crippen molar-refractivity contribution in [3.63, 3.8) is 0 Å². The first-order valence-corrected chi connectivity index (χ1v) is 9.17. The third-order valence-electron chi connectivity index (χ3n) is 4.66. The predicted molar refractivity (Wildman–Crippen MR) is 107 cm³/mol. The number of carboxylic acids is 1. The molecule has 136 valence electrons. The maximum Gasteiger partial charge on any atom is 0.336 e. The van der Waals surface area contributed by atoms with Gasteiger partial charge in [-0.25, -0.2) is 4.79 Å². The van der Waals surface area contributed by atoms with Crippen LogP contribution in [0.15, 0.2) is 72.8 Å². The zero-order chi connectivity index (χ0) is 19.2. The molecule has 0 unspecified atom stereocenters. The normalized spacial score (nSPS) is 10.6. The summed E-state index contributed by atoms with van der Waals surface area (Å²) in [7, 11) is 0. The molecule has 3 rings (SSSR count). The van der Waals surface area contributed by atoms with Gasteiger partial charge in [0, 0.05) is 11.1 Å². The largest absolute Gasteiger partial charge is 0.478 e. The van der Waals surface area contributed by atoms with E-state index in [-0.39, 0.29) is 16.9 Å². The van der Waals surface area contributed by atoms with Crippen LogP contribution in [0.4, 0.5) is 0 Å². The van der Waals surface area contributed by atoms with Crippen molar-refractivity contribution in [3.05, 3.63) is 95.1 Å². The van der Waals surface area contributed by atoms with E-state index in [0.29, 0.717) is 5.56 Å². The number of carbonyl (C=O) groups excluding carboxylic acids is 1. The second-order valence-corrected chi connectivity index (χ2v) is 6.53. The minimum Gasteiger partial charge on any atom is -0.478 e. The van der Waals surface area contributed by atoms with Gasteiger partial charge < -0.3 is 5.11 Å². The Kier molecular flexibility index (Phi) is 5.82. The Morgan fingerprint density at radius 2 is 1.37 bits per heavy atom. The molecule has 0 radical (unpaired) electrons. The first kappa shape index (κ1) is 18.6. The molecule has 0 saturated heterocycles. The van der Waals surface area contributed by atoms with Crippen molar-refractivity contribution in [1.29, 1.82) is 0 Å². The molecule has 0 aliphatic carbocycles. The molecule has 1 N–H and O–H groups in total. The number of hydrogen-bond donors (Lipinski definition) is 1. The van der Waals surface area contributed by atoms with Crippen LogP contribution in [0.1, 0.15) is 51.6 Å². The molecular weight excluding hydrogens is 336 g/mol. The average Bonchev–Trinajstić information content (AvgIpc) is 2.72. The Morgan fingerprint density at radius 1 is 0.778 bits per heavy atom. The standard InChI is InChI=1S/C24H22O3/c1-2-3-8-17-13-15-18(16-14-17)19-9-4-5-10-20(19)23(25)21-11-6-7-12-22(21)24(26)27/h4-7,9-16H,2-3,8H2,1H3,(H,26,27). The van der Waals surface area contributed by atoms with Crippen molar-refractivity contribution in [3.8, 4) is 11.1 Å². The number of benzene rings is 3. The van der Waals surface area contributed by atoms with Gasteiger partial charge in [0.2, 0.25) is 0 Å². The SMILES string of the molecule is CCCCc1ccc(-c2ccccc2C(=O)c2ccccc2C(=O)O)cc1. The van der Waals surface area contributed by atoms with E-state index < -0.39 is 5.97 Å². The number of aromatic carboxylic acids is 1. The fraction of sp³-hybridized carbons (Fsp3) is 0.167. The lowest BCUT2D eigenvalue weighted by Crippen LogP contribution is -2.10. The van der Waals surface area contributed by atoms with E-state index in [1.807, 2.05) is 24.3 Å². The molecule has 0 aliphatic heterocycles. The van der Waals surface area contributed by atoms with Gasteiger partial charge in [0.25, 0.3) is 0 Å². The fourth-order valence-electron chi connectivity index (χ4n) is 3.18. The summed E-state index contributed by atoms with van der Waals surface area (Å²) in [6.45, 7) is 2.17. The highest BCUT2D eigenvalue weighted by Crippen LogP contribution is 2.27. The number of ketones is 1. The van der Waals surface area contributed by atoms with Crippen LogP contribution in [0.25, 0.3) is 11.1 Å². The smallest absolute Gasteiger partial charge is 0.336 e. The minimum atomic E-state index is -1.10. The summed E-state index contributed by atoms with van der Waals surface area (Å²) in [6, 6.07) is 21.9. The average molecular weight is 358 g/mol. The van der Waals surface area contributed by atoms with Crippen molar-refractivity contribution in [2.45, 2.75) is 26.2 Å². The summed E-state index contributed by atoms with van der Waals surface area (Å²) in [5, 5.41) is 9.40. The van der Waals surface area contributed by atoms with Crippen LogP contribution in [0, 0.1) is 0 Å². The van der Waals surface area contributed by atoms with Crippen LogP contribution in [-0.2, 0) is 6.42 Å². The van der Waals surface area contributed by atoms with Crippen molar-refractivity contribution in [1.82, 2.24) is 0 Å². The molecule has 0 amide bonds. The Labute approximate surface area is 159 Å². The molecule has 0 bridgehead atoms. The van der Waals surface area contributed by atoms with Crippen LogP contribution in [0.2, 0.25) is 0 Å². The number of rotatable bonds is 7. The van der Waals surface area contributed by atoms with Gasteiger partial charge in [0.05, 0.1) is 5.56 Å². The molecule has 0 spiro atoms. The van der Waals surface area contributed by atoms with E-state index in [0.717, 1.165) is 30.4 Å². The summed E-state index contributed by atoms with van der Waals surface area (Å²) in [5.41, 5.74) is 3.77. The predicted octanol–water partition coefficient (Wildman–Crippen LogP) is 5.63. The van der Waals surface area contributed by atoms with Crippen molar-refractivity contribution < 1.29 is 14.7 Å². The summed E-state index contributed by atoms with van der Waals surface area (Å²) in [5.74, 6) is -1.38. The zero-order valence-electron chi connectivity index (χ0n) is 15.3. The molecule has 0 saturated carbocycles. The molecular formula is C24H22O3.